The predicted octanol–water partition coefficient (Wildman–Crippen LogP) is 2.83. The molecule has 9 heteroatoms. The van der Waals surface area contributed by atoms with Gasteiger partial charge in [-0.15, -0.1) is 10.2 Å². The van der Waals surface area contributed by atoms with Gasteiger partial charge in [0.15, 0.2) is 12.4 Å². The second-order valence-corrected chi connectivity index (χ2v) is 7.48. The summed E-state index contributed by atoms with van der Waals surface area (Å²) in [6.45, 7) is 1.83. The molecule has 0 N–H and O–H groups in total. The smallest absolute Gasteiger partial charge is 0.312 e. The molecule has 5 aromatic rings. The van der Waals surface area contributed by atoms with E-state index >= 15 is 0 Å². The van der Waals surface area contributed by atoms with E-state index in [1.807, 2.05) is 55.5 Å². The van der Waals surface area contributed by atoms with Crippen molar-refractivity contribution < 1.29 is 13.9 Å². The van der Waals surface area contributed by atoms with Gasteiger partial charge in [0.1, 0.15) is 6.26 Å². The van der Waals surface area contributed by atoms with Gasteiger partial charge in [-0.25, -0.2) is 4.98 Å². The molecule has 0 amide bonds. The van der Waals surface area contributed by atoms with Gasteiger partial charge in [-0.05, 0) is 31.2 Å². The molecule has 0 aliphatic carbocycles. The third-order valence-corrected chi connectivity index (χ3v) is 5.20. The Bertz CT molecular complexity index is 1510. The molecule has 0 saturated heterocycles. The maximum absolute atomic E-state index is 12.7. The number of carbonyl (C=O) groups is 1. The van der Waals surface area contributed by atoms with Crippen LogP contribution in [0.4, 0.5) is 0 Å². The Labute approximate surface area is 181 Å². The van der Waals surface area contributed by atoms with Crippen LogP contribution in [-0.4, -0.2) is 30.1 Å². The van der Waals surface area contributed by atoms with Gasteiger partial charge in [0.25, 0.3) is 5.56 Å². The zero-order chi connectivity index (χ0) is 22.2. The molecule has 0 aliphatic heterocycles. The van der Waals surface area contributed by atoms with Crippen LogP contribution in [0, 0.1) is 6.92 Å². The molecule has 0 radical (unpaired) electrons. The van der Waals surface area contributed by atoms with E-state index in [0.29, 0.717) is 34.1 Å². The van der Waals surface area contributed by atoms with Gasteiger partial charge in [-0.1, -0.05) is 29.8 Å². The summed E-state index contributed by atoms with van der Waals surface area (Å²) in [5.41, 5.74) is 2.77. The monoisotopic (exact) mass is 429 g/mol. The molecule has 9 nitrogen and oxygen atoms in total. The number of esters is 1. The molecule has 0 unspecified atom stereocenters. The third kappa shape index (κ3) is 3.43. The summed E-state index contributed by atoms with van der Waals surface area (Å²) in [4.78, 5) is 29.4. The number of ether oxygens (including phenoxy) is 1. The maximum atomic E-state index is 12.7. The molecule has 32 heavy (non-hydrogen) atoms. The van der Waals surface area contributed by atoms with Crippen molar-refractivity contribution in [1.29, 1.82) is 0 Å². The van der Waals surface area contributed by atoms with Gasteiger partial charge < -0.3 is 9.15 Å². The minimum atomic E-state index is -0.473. The Morgan fingerprint density at radius 1 is 1.12 bits per heavy atom. The lowest BCUT2D eigenvalue weighted by atomic mass is 10.1. The highest BCUT2D eigenvalue weighted by atomic mass is 16.5. The van der Waals surface area contributed by atoms with E-state index in [1.165, 1.54) is 10.8 Å². The number of benzene rings is 2. The van der Waals surface area contributed by atoms with E-state index in [9.17, 15) is 9.59 Å². The first-order chi connectivity index (χ1) is 15.5. The molecule has 5 rings (SSSR count). The van der Waals surface area contributed by atoms with Crippen LogP contribution in [-0.2, 0) is 29.6 Å². The van der Waals surface area contributed by atoms with E-state index in [1.54, 1.807) is 11.4 Å². The van der Waals surface area contributed by atoms with E-state index in [2.05, 4.69) is 15.2 Å². The molecule has 3 heterocycles. The second-order valence-electron chi connectivity index (χ2n) is 7.48. The summed E-state index contributed by atoms with van der Waals surface area (Å²) in [6.07, 6.45) is 1.41. The van der Waals surface area contributed by atoms with Crippen LogP contribution in [0.1, 0.15) is 17.1 Å². The Hall–Kier alpha value is -4.27. The minimum absolute atomic E-state index is 0.0362. The number of carbonyl (C=O) groups excluding carboxylic acids is 1. The minimum Gasteiger partial charge on any atom is -0.457 e. The van der Waals surface area contributed by atoms with Crippen LogP contribution in [0.15, 0.2) is 64.0 Å². The highest BCUT2D eigenvalue weighted by molar-refractivity contribution is 5.81. The maximum Gasteiger partial charge on any atom is 0.312 e. The molecular formula is C23H19N5O4. The number of aryl methyl sites for hydroxylation is 2. The highest BCUT2D eigenvalue weighted by Crippen LogP contribution is 2.19. The summed E-state index contributed by atoms with van der Waals surface area (Å²) in [5, 5.41) is 8.79. The lowest BCUT2D eigenvalue weighted by molar-refractivity contribution is -0.144. The third-order valence-electron chi connectivity index (χ3n) is 5.20. The largest absolute Gasteiger partial charge is 0.457 e. The molecule has 0 spiro atoms. The lowest BCUT2D eigenvalue weighted by Crippen LogP contribution is -2.20. The van der Waals surface area contributed by atoms with Gasteiger partial charge >= 0.3 is 5.97 Å². The van der Waals surface area contributed by atoms with E-state index < -0.39 is 5.97 Å². The van der Waals surface area contributed by atoms with Crippen molar-refractivity contribution in [3.05, 3.63) is 82.2 Å². The first kappa shape index (κ1) is 19.7. The normalized spacial score (nSPS) is 11.3. The molecule has 3 aromatic heterocycles. The first-order valence-corrected chi connectivity index (χ1v) is 10.00. The van der Waals surface area contributed by atoms with E-state index in [-0.39, 0.29) is 18.6 Å². The molecule has 0 atom stereocenters. The van der Waals surface area contributed by atoms with Crippen LogP contribution in [0.25, 0.3) is 28.1 Å². The number of nitrogens with zero attached hydrogens (tertiary/aromatic N) is 5. The SMILES string of the molecule is Cc1ccc2c(c1)c(=O)n(C)c1nnc(COC(=O)Cc3coc(-c4ccccc4)n3)n21. The Balaban J connectivity index is 1.37. The number of aromatic nitrogens is 5. The van der Waals surface area contributed by atoms with Gasteiger partial charge in [0.05, 0.1) is 23.0 Å². The van der Waals surface area contributed by atoms with Crippen LogP contribution in [0.5, 0.6) is 0 Å². The van der Waals surface area contributed by atoms with Crippen molar-refractivity contribution in [2.75, 3.05) is 0 Å². The first-order valence-electron chi connectivity index (χ1n) is 10.00. The second kappa shape index (κ2) is 7.77. The molecule has 0 aliphatic rings. The van der Waals surface area contributed by atoms with Crippen molar-refractivity contribution in [1.82, 2.24) is 24.1 Å². The molecular weight excluding hydrogens is 410 g/mol. The topological polar surface area (TPSA) is 105 Å². The summed E-state index contributed by atoms with van der Waals surface area (Å²) >= 11 is 0. The van der Waals surface area contributed by atoms with Crippen LogP contribution >= 0.6 is 0 Å². The Morgan fingerprint density at radius 2 is 1.94 bits per heavy atom. The summed E-state index contributed by atoms with van der Waals surface area (Å²) in [6, 6.07) is 15.0. The average Bonchev–Trinajstić information content (AvgIpc) is 3.44. The quantitative estimate of drug-likeness (QED) is 0.396. The fraction of sp³-hybridized carbons (Fsp3) is 0.174. The number of hydrogen-bond donors (Lipinski definition) is 0. The van der Waals surface area contributed by atoms with Crippen molar-refractivity contribution >= 4 is 22.6 Å². The van der Waals surface area contributed by atoms with Crippen LogP contribution in [0.3, 0.4) is 0 Å². The predicted molar refractivity (Wildman–Crippen MR) is 116 cm³/mol. The molecule has 0 saturated carbocycles. The van der Waals surface area contributed by atoms with Gasteiger partial charge in [0.2, 0.25) is 11.7 Å². The zero-order valence-electron chi connectivity index (χ0n) is 17.5. The standard InChI is InChI=1S/C23H19N5O4/c1-14-8-9-18-17(10-14)22(30)27(2)23-26-25-19(28(18)23)13-31-20(29)11-16-12-32-21(24-16)15-6-4-3-5-7-15/h3-10,12H,11,13H2,1-2H3. The van der Waals surface area contributed by atoms with Gasteiger partial charge in [0, 0.05) is 12.6 Å². The number of fused-ring (bicyclic) bond motifs is 3. The Morgan fingerprint density at radius 3 is 2.75 bits per heavy atom. The Kier molecular flexibility index (Phi) is 4.78. The van der Waals surface area contributed by atoms with Crippen molar-refractivity contribution in [2.45, 2.75) is 20.0 Å². The van der Waals surface area contributed by atoms with Crippen molar-refractivity contribution in [3.63, 3.8) is 0 Å². The highest BCUT2D eigenvalue weighted by Gasteiger charge is 2.17. The molecule has 2 aromatic carbocycles. The number of rotatable bonds is 5. The van der Waals surface area contributed by atoms with Gasteiger partial charge in [-0.2, -0.15) is 0 Å². The van der Waals surface area contributed by atoms with Crippen molar-refractivity contribution in [3.8, 4) is 11.5 Å². The molecule has 0 fully saturated rings. The summed E-state index contributed by atoms with van der Waals surface area (Å²) in [5.74, 6) is 0.767. The number of oxazole rings is 1. The van der Waals surface area contributed by atoms with E-state index in [4.69, 9.17) is 9.15 Å². The summed E-state index contributed by atoms with van der Waals surface area (Å²) in [7, 11) is 1.64. The fourth-order valence-corrected chi connectivity index (χ4v) is 3.60. The zero-order valence-corrected chi connectivity index (χ0v) is 17.5. The van der Waals surface area contributed by atoms with E-state index in [0.717, 1.165) is 11.1 Å². The van der Waals surface area contributed by atoms with Gasteiger partial charge in [-0.3, -0.25) is 18.6 Å². The average molecular weight is 429 g/mol. The lowest BCUT2D eigenvalue weighted by Gasteiger charge is -2.09. The molecule has 0 bridgehead atoms. The number of hydrogen-bond acceptors (Lipinski definition) is 7. The van der Waals surface area contributed by atoms with Crippen LogP contribution in [0.2, 0.25) is 0 Å². The molecule has 160 valence electrons. The van der Waals surface area contributed by atoms with Crippen molar-refractivity contribution in [2.24, 2.45) is 7.05 Å². The van der Waals surface area contributed by atoms with Crippen LogP contribution < -0.4 is 5.56 Å². The fourth-order valence-electron chi connectivity index (χ4n) is 3.60. The summed E-state index contributed by atoms with van der Waals surface area (Å²) < 4.78 is 14.0.